The number of H-pyrrole nitrogens is 2. The third-order valence-electron chi connectivity index (χ3n) is 11.3. The van der Waals surface area contributed by atoms with Gasteiger partial charge in [0.15, 0.2) is 0 Å². The Bertz CT molecular complexity index is 2260. The molecule has 0 aliphatic carbocycles. The standard InChI is InChI=1S/C46H46N8O6/c1-59-45(57)51-39(33-11-5-3-6-12-33)43(55)53-25-9-15-37(53)41-47-27-35(49-41)31-21-17-29(18-22-31)30-19-23-32(24-20-30)36-28-48-42(50-36)38-16-10-26-54(38)44(56)40(52-46(58)60-2)34-13-7-4-8-14-34/h3-8,11-14,17-24,27-28,37-40H,9-10,15-16,25-26H2,1-2H3,(H,47,49)(H,48,50)(H,51,57)(H,52,58)/t37-,38-,39-,40-/m1/s1. The molecule has 0 spiro atoms. The molecular formula is C46H46N8O6. The molecule has 4 atom stereocenters. The Morgan fingerprint density at radius 3 is 1.30 bits per heavy atom. The highest BCUT2D eigenvalue weighted by Crippen LogP contribution is 2.36. The minimum atomic E-state index is -0.884. The molecule has 2 aliphatic heterocycles. The van der Waals surface area contributed by atoms with Crippen LogP contribution in [0.1, 0.15) is 72.6 Å². The van der Waals surface area contributed by atoms with E-state index in [9.17, 15) is 19.2 Å². The molecule has 306 valence electrons. The van der Waals surface area contributed by atoms with Crippen molar-refractivity contribution in [1.82, 2.24) is 40.4 Å². The third-order valence-corrected chi connectivity index (χ3v) is 11.3. The zero-order valence-electron chi connectivity index (χ0n) is 33.3. The number of ether oxygens (including phenoxy) is 2. The van der Waals surface area contributed by atoms with Gasteiger partial charge in [-0.15, -0.1) is 0 Å². The molecule has 6 aromatic rings. The monoisotopic (exact) mass is 806 g/mol. The van der Waals surface area contributed by atoms with Crippen molar-refractivity contribution < 1.29 is 28.7 Å². The van der Waals surface area contributed by atoms with Crippen LogP contribution in [0.3, 0.4) is 0 Å². The molecule has 0 radical (unpaired) electrons. The highest BCUT2D eigenvalue weighted by Gasteiger charge is 2.38. The van der Waals surface area contributed by atoms with Crippen molar-refractivity contribution in [1.29, 1.82) is 0 Å². The van der Waals surface area contributed by atoms with Gasteiger partial charge in [-0.1, -0.05) is 109 Å². The first kappa shape index (κ1) is 39.6. The summed E-state index contributed by atoms with van der Waals surface area (Å²) < 4.78 is 9.65. The zero-order valence-corrected chi connectivity index (χ0v) is 33.3. The average Bonchev–Trinajstić information content (AvgIpc) is 4.15. The van der Waals surface area contributed by atoms with Crippen LogP contribution in [-0.2, 0) is 19.1 Å². The van der Waals surface area contributed by atoms with E-state index < -0.39 is 24.3 Å². The maximum atomic E-state index is 13.9. The second kappa shape index (κ2) is 17.7. The number of likely N-dealkylation sites (tertiary alicyclic amines) is 2. The number of aromatic nitrogens is 4. The predicted octanol–water partition coefficient (Wildman–Crippen LogP) is 7.66. The molecule has 2 aliphatic rings. The second-order valence-corrected chi connectivity index (χ2v) is 14.9. The summed E-state index contributed by atoms with van der Waals surface area (Å²) in [6.07, 6.45) is 5.36. The lowest BCUT2D eigenvalue weighted by molar-refractivity contribution is -0.135. The first-order valence-corrected chi connectivity index (χ1v) is 20.0. The van der Waals surface area contributed by atoms with E-state index in [1.165, 1.54) is 14.2 Å². The Hall–Kier alpha value is -7.22. The van der Waals surface area contributed by atoms with Crippen LogP contribution in [0.15, 0.2) is 122 Å². The topological polar surface area (TPSA) is 175 Å². The SMILES string of the molecule is COC(=O)N[C@@H](C(=O)N1CCC[C@@H]1c1ncc(-c2ccc(-c3ccc(-c4cnc([C@H]5CCCN5C(=O)[C@H](NC(=O)OC)c5ccccc5)[nH]4)cc3)cc2)[nH]1)c1ccccc1. The lowest BCUT2D eigenvalue weighted by Crippen LogP contribution is -2.42. The van der Waals surface area contributed by atoms with E-state index in [1.54, 1.807) is 22.2 Å². The molecule has 4 amide bonds. The van der Waals surface area contributed by atoms with Gasteiger partial charge in [-0.3, -0.25) is 9.59 Å². The van der Waals surface area contributed by atoms with E-state index >= 15 is 0 Å². The summed E-state index contributed by atoms with van der Waals surface area (Å²) in [6.45, 7) is 1.10. The van der Waals surface area contributed by atoms with E-state index in [-0.39, 0.29) is 23.9 Å². The van der Waals surface area contributed by atoms with Crippen LogP contribution in [0, 0.1) is 0 Å². The van der Waals surface area contributed by atoms with Crippen molar-refractivity contribution in [3.05, 3.63) is 144 Å². The molecule has 0 bridgehead atoms. The summed E-state index contributed by atoms with van der Waals surface area (Å²) in [5, 5.41) is 5.42. The van der Waals surface area contributed by atoms with Crippen LogP contribution in [0.2, 0.25) is 0 Å². The molecule has 0 saturated carbocycles. The fourth-order valence-corrected chi connectivity index (χ4v) is 8.17. The molecule has 14 nitrogen and oxygen atoms in total. The first-order chi connectivity index (χ1) is 29.3. The van der Waals surface area contributed by atoms with Crippen LogP contribution >= 0.6 is 0 Å². The zero-order chi connectivity index (χ0) is 41.6. The summed E-state index contributed by atoms with van der Waals surface area (Å²) >= 11 is 0. The van der Waals surface area contributed by atoms with Crippen molar-refractivity contribution in [3.63, 3.8) is 0 Å². The Morgan fingerprint density at radius 1 is 0.567 bits per heavy atom. The number of hydrogen-bond acceptors (Lipinski definition) is 8. The van der Waals surface area contributed by atoms with Crippen molar-refractivity contribution in [2.75, 3.05) is 27.3 Å². The van der Waals surface area contributed by atoms with Gasteiger partial charge in [0.1, 0.15) is 23.7 Å². The lowest BCUT2D eigenvalue weighted by Gasteiger charge is -2.28. The summed E-state index contributed by atoms with van der Waals surface area (Å²) in [6, 6.07) is 32.5. The number of methoxy groups -OCH3 is 2. The number of rotatable bonds is 11. The Balaban J connectivity index is 0.928. The number of carbonyl (C=O) groups excluding carboxylic acids is 4. The number of hydrogen-bond donors (Lipinski definition) is 4. The van der Waals surface area contributed by atoms with Crippen LogP contribution in [0.5, 0.6) is 0 Å². The number of benzene rings is 4. The smallest absolute Gasteiger partial charge is 0.407 e. The van der Waals surface area contributed by atoms with Crippen molar-refractivity contribution in [3.8, 4) is 33.6 Å². The van der Waals surface area contributed by atoms with Crippen molar-refractivity contribution >= 4 is 24.0 Å². The minimum Gasteiger partial charge on any atom is -0.453 e. The number of amides is 4. The number of aromatic amines is 2. The Kier molecular flexibility index (Phi) is 11.7. The van der Waals surface area contributed by atoms with E-state index in [2.05, 4.69) is 44.9 Å². The largest absolute Gasteiger partial charge is 0.453 e. The summed E-state index contributed by atoms with van der Waals surface area (Å²) in [5.74, 6) is 0.959. The third kappa shape index (κ3) is 8.35. The van der Waals surface area contributed by atoms with Crippen LogP contribution in [0.4, 0.5) is 9.59 Å². The average molecular weight is 807 g/mol. The first-order valence-electron chi connectivity index (χ1n) is 20.0. The van der Waals surface area contributed by atoms with E-state index in [1.807, 2.05) is 84.9 Å². The van der Waals surface area contributed by atoms with Gasteiger partial charge < -0.3 is 39.9 Å². The van der Waals surface area contributed by atoms with Gasteiger partial charge >= 0.3 is 12.2 Å². The van der Waals surface area contributed by atoms with Gasteiger partial charge in [0.05, 0.1) is 50.1 Å². The molecule has 4 aromatic carbocycles. The Morgan fingerprint density at radius 2 is 0.933 bits per heavy atom. The number of nitrogens with zero attached hydrogens (tertiary/aromatic N) is 4. The normalized spacial score (nSPS) is 17.2. The van der Waals surface area contributed by atoms with E-state index in [0.717, 1.165) is 59.3 Å². The minimum absolute atomic E-state index is 0.216. The number of carbonyl (C=O) groups is 4. The molecule has 8 rings (SSSR count). The fraction of sp³-hybridized carbons (Fsp3) is 0.261. The molecule has 14 heteroatoms. The maximum absolute atomic E-state index is 13.9. The number of imidazole rings is 2. The lowest BCUT2D eigenvalue weighted by atomic mass is 10.0. The molecule has 60 heavy (non-hydrogen) atoms. The van der Waals surface area contributed by atoms with E-state index in [0.29, 0.717) is 35.9 Å². The summed E-state index contributed by atoms with van der Waals surface area (Å²) in [4.78, 5) is 72.1. The molecule has 0 unspecified atom stereocenters. The fourth-order valence-electron chi connectivity index (χ4n) is 8.17. The van der Waals surface area contributed by atoms with Gasteiger partial charge in [-0.25, -0.2) is 19.6 Å². The van der Waals surface area contributed by atoms with Crippen molar-refractivity contribution in [2.24, 2.45) is 0 Å². The molecule has 2 fully saturated rings. The highest BCUT2D eigenvalue weighted by atomic mass is 16.5. The van der Waals surface area contributed by atoms with E-state index in [4.69, 9.17) is 19.4 Å². The van der Waals surface area contributed by atoms with Crippen LogP contribution < -0.4 is 10.6 Å². The molecular weight excluding hydrogens is 761 g/mol. The van der Waals surface area contributed by atoms with Gasteiger partial charge in [0, 0.05) is 13.1 Å². The number of alkyl carbamates (subject to hydrolysis) is 2. The van der Waals surface area contributed by atoms with Crippen molar-refractivity contribution in [2.45, 2.75) is 49.9 Å². The quantitative estimate of drug-likeness (QED) is 0.103. The molecule has 4 heterocycles. The Labute approximate surface area is 347 Å². The highest BCUT2D eigenvalue weighted by molar-refractivity contribution is 5.88. The van der Waals surface area contributed by atoms with Crippen LogP contribution in [0.25, 0.3) is 33.6 Å². The van der Waals surface area contributed by atoms with Gasteiger partial charge in [-0.05, 0) is 59.1 Å². The number of nitrogens with one attached hydrogen (secondary N) is 4. The van der Waals surface area contributed by atoms with Crippen LogP contribution in [-0.4, -0.2) is 81.0 Å². The predicted molar refractivity (Wildman–Crippen MR) is 224 cm³/mol. The maximum Gasteiger partial charge on any atom is 0.407 e. The second-order valence-electron chi connectivity index (χ2n) is 14.9. The summed E-state index contributed by atoms with van der Waals surface area (Å²) in [5.41, 5.74) is 7.03. The molecule has 4 N–H and O–H groups in total. The molecule has 2 aromatic heterocycles. The van der Waals surface area contributed by atoms with Gasteiger partial charge in [-0.2, -0.15) is 0 Å². The summed E-state index contributed by atoms with van der Waals surface area (Å²) in [7, 11) is 2.56. The molecule has 2 saturated heterocycles. The van der Waals surface area contributed by atoms with Gasteiger partial charge in [0.2, 0.25) is 0 Å². The van der Waals surface area contributed by atoms with Gasteiger partial charge in [0.25, 0.3) is 11.8 Å².